The molecule has 0 bridgehead atoms. The standard InChI is InChI=1S/C21H36O6/c1-16-19(20(24)25)17(27-21(16)26)14-12-10-8-6-4-2-3-5-7-9-11-13-15-18(22)23/h16-17,19H,2-15H2,1H3,(H,22,23)(H,24,25). The molecule has 0 aliphatic carbocycles. The van der Waals surface area contributed by atoms with E-state index in [0.717, 1.165) is 38.5 Å². The molecule has 1 heterocycles. The molecule has 1 saturated heterocycles. The molecular weight excluding hydrogens is 348 g/mol. The van der Waals surface area contributed by atoms with Gasteiger partial charge in [0.1, 0.15) is 12.0 Å². The summed E-state index contributed by atoms with van der Waals surface area (Å²) in [6, 6.07) is 0. The molecule has 0 saturated carbocycles. The lowest BCUT2D eigenvalue weighted by atomic mass is 9.89. The van der Waals surface area contributed by atoms with E-state index in [4.69, 9.17) is 9.84 Å². The first-order valence-electron chi connectivity index (χ1n) is 10.6. The van der Waals surface area contributed by atoms with Crippen molar-refractivity contribution in [1.29, 1.82) is 0 Å². The van der Waals surface area contributed by atoms with Crippen LogP contribution in [0.15, 0.2) is 0 Å². The van der Waals surface area contributed by atoms with Crippen molar-refractivity contribution in [2.24, 2.45) is 11.8 Å². The summed E-state index contributed by atoms with van der Waals surface area (Å²) >= 11 is 0. The van der Waals surface area contributed by atoms with Crippen LogP contribution in [0, 0.1) is 11.8 Å². The summed E-state index contributed by atoms with van der Waals surface area (Å²) in [5.74, 6) is -3.24. The van der Waals surface area contributed by atoms with Crippen molar-refractivity contribution < 1.29 is 29.3 Å². The SMILES string of the molecule is CC1C(=O)OC(CCCCCCCCCCCCCCC(=O)O)C1C(=O)O. The molecule has 0 amide bonds. The fourth-order valence-electron chi connectivity index (χ4n) is 3.80. The molecular formula is C21H36O6. The lowest BCUT2D eigenvalue weighted by molar-refractivity contribution is -0.145. The first kappa shape index (κ1) is 23.4. The Bertz CT molecular complexity index is 462. The molecule has 1 rings (SSSR count). The number of carboxylic acid groups (broad SMARTS) is 2. The van der Waals surface area contributed by atoms with Crippen LogP contribution in [-0.4, -0.2) is 34.2 Å². The molecule has 27 heavy (non-hydrogen) atoms. The fourth-order valence-corrected chi connectivity index (χ4v) is 3.80. The molecule has 0 aromatic rings. The molecule has 1 aliphatic heterocycles. The molecule has 3 unspecified atom stereocenters. The fraction of sp³-hybridized carbons (Fsp3) is 0.857. The zero-order chi connectivity index (χ0) is 20.1. The molecule has 156 valence electrons. The van der Waals surface area contributed by atoms with Crippen molar-refractivity contribution in [3.8, 4) is 0 Å². The molecule has 1 aliphatic rings. The lowest BCUT2D eigenvalue weighted by Crippen LogP contribution is -2.27. The van der Waals surface area contributed by atoms with E-state index in [1.807, 2.05) is 0 Å². The van der Waals surface area contributed by atoms with Crippen molar-refractivity contribution >= 4 is 17.9 Å². The smallest absolute Gasteiger partial charge is 0.311 e. The Labute approximate surface area is 162 Å². The van der Waals surface area contributed by atoms with E-state index in [9.17, 15) is 19.5 Å². The number of hydrogen-bond acceptors (Lipinski definition) is 4. The van der Waals surface area contributed by atoms with Gasteiger partial charge in [0.2, 0.25) is 0 Å². The van der Waals surface area contributed by atoms with E-state index in [2.05, 4.69) is 0 Å². The third-order valence-electron chi connectivity index (χ3n) is 5.49. The maximum absolute atomic E-state index is 11.6. The topological polar surface area (TPSA) is 101 Å². The van der Waals surface area contributed by atoms with Crippen molar-refractivity contribution in [3.63, 3.8) is 0 Å². The minimum Gasteiger partial charge on any atom is -0.481 e. The van der Waals surface area contributed by atoms with Gasteiger partial charge in [-0.1, -0.05) is 71.1 Å². The van der Waals surface area contributed by atoms with Crippen LogP contribution in [0.1, 0.15) is 96.8 Å². The average Bonchev–Trinajstić information content (AvgIpc) is 2.89. The Morgan fingerprint density at radius 3 is 1.70 bits per heavy atom. The molecule has 6 nitrogen and oxygen atoms in total. The third-order valence-corrected chi connectivity index (χ3v) is 5.49. The number of hydrogen-bond donors (Lipinski definition) is 2. The van der Waals surface area contributed by atoms with Gasteiger partial charge in [-0.15, -0.1) is 0 Å². The van der Waals surface area contributed by atoms with Crippen LogP contribution in [0.5, 0.6) is 0 Å². The minimum absolute atomic E-state index is 0.291. The minimum atomic E-state index is -0.930. The number of ether oxygens (including phenoxy) is 1. The van der Waals surface area contributed by atoms with Gasteiger partial charge in [-0.05, 0) is 19.3 Å². The second kappa shape index (κ2) is 13.6. The van der Waals surface area contributed by atoms with Gasteiger partial charge in [-0.3, -0.25) is 14.4 Å². The number of carboxylic acids is 2. The summed E-state index contributed by atoms with van der Waals surface area (Å²) in [6.45, 7) is 1.64. The predicted octanol–water partition coefficient (Wildman–Crippen LogP) is 4.79. The average molecular weight is 385 g/mol. The van der Waals surface area contributed by atoms with Gasteiger partial charge in [0.15, 0.2) is 0 Å². The lowest BCUT2D eigenvalue weighted by Gasteiger charge is -2.15. The van der Waals surface area contributed by atoms with Crippen molar-refractivity contribution in [2.45, 2.75) is 103 Å². The van der Waals surface area contributed by atoms with Crippen LogP contribution >= 0.6 is 0 Å². The van der Waals surface area contributed by atoms with Crippen molar-refractivity contribution in [1.82, 2.24) is 0 Å². The number of unbranched alkanes of at least 4 members (excludes halogenated alkanes) is 11. The zero-order valence-corrected chi connectivity index (χ0v) is 16.7. The summed E-state index contributed by atoms with van der Waals surface area (Å²) in [5, 5.41) is 17.8. The summed E-state index contributed by atoms with van der Waals surface area (Å²) in [4.78, 5) is 33.2. The maximum Gasteiger partial charge on any atom is 0.311 e. The Kier molecular flexibility index (Phi) is 11.8. The highest BCUT2D eigenvalue weighted by Gasteiger charge is 2.45. The van der Waals surface area contributed by atoms with Crippen LogP contribution in [0.25, 0.3) is 0 Å². The van der Waals surface area contributed by atoms with Gasteiger partial charge in [0, 0.05) is 6.42 Å². The van der Waals surface area contributed by atoms with Gasteiger partial charge in [-0.2, -0.15) is 0 Å². The first-order chi connectivity index (χ1) is 12.9. The summed E-state index contributed by atoms with van der Waals surface area (Å²) in [6.07, 6.45) is 13.9. The van der Waals surface area contributed by atoms with E-state index < -0.39 is 29.9 Å². The molecule has 0 aromatic carbocycles. The Morgan fingerprint density at radius 1 is 0.815 bits per heavy atom. The molecule has 2 N–H and O–H groups in total. The van der Waals surface area contributed by atoms with Crippen LogP contribution in [-0.2, 0) is 19.1 Å². The van der Waals surface area contributed by atoms with Crippen molar-refractivity contribution in [2.75, 3.05) is 0 Å². The normalized spacial score (nSPS) is 22.0. The number of carbonyl (C=O) groups is 3. The molecule has 6 heteroatoms. The molecule has 0 spiro atoms. The number of aliphatic carboxylic acids is 2. The first-order valence-corrected chi connectivity index (χ1v) is 10.6. The Hall–Kier alpha value is -1.59. The quantitative estimate of drug-likeness (QED) is 0.293. The molecule has 1 fully saturated rings. The largest absolute Gasteiger partial charge is 0.481 e. The van der Waals surface area contributed by atoms with Gasteiger partial charge >= 0.3 is 17.9 Å². The maximum atomic E-state index is 11.6. The summed E-state index contributed by atoms with van der Waals surface area (Å²) in [5.41, 5.74) is 0. The zero-order valence-electron chi connectivity index (χ0n) is 16.7. The highest BCUT2D eigenvalue weighted by atomic mass is 16.6. The van der Waals surface area contributed by atoms with E-state index in [0.29, 0.717) is 12.8 Å². The third kappa shape index (κ3) is 9.78. The van der Waals surface area contributed by atoms with Crippen LogP contribution in [0.4, 0.5) is 0 Å². The van der Waals surface area contributed by atoms with E-state index in [-0.39, 0.29) is 5.97 Å². The van der Waals surface area contributed by atoms with Gasteiger partial charge in [-0.25, -0.2) is 0 Å². The highest BCUT2D eigenvalue weighted by Crippen LogP contribution is 2.31. The molecule has 0 aromatic heterocycles. The van der Waals surface area contributed by atoms with Crippen LogP contribution < -0.4 is 0 Å². The van der Waals surface area contributed by atoms with Crippen molar-refractivity contribution in [3.05, 3.63) is 0 Å². The Morgan fingerprint density at radius 2 is 1.26 bits per heavy atom. The van der Waals surface area contributed by atoms with Gasteiger partial charge in [0.05, 0.1) is 5.92 Å². The summed E-state index contributed by atoms with van der Waals surface area (Å²) in [7, 11) is 0. The monoisotopic (exact) mass is 384 g/mol. The highest BCUT2D eigenvalue weighted by molar-refractivity contribution is 5.84. The van der Waals surface area contributed by atoms with Crippen LogP contribution in [0.2, 0.25) is 0 Å². The summed E-state index contributed by atoms with van der Waals surface area (Å²) < 4.78 is 5.22. The van der Waals surface area contributed by atoms with E-state index >= 15 is 0 Å². The second-order valence-corrected chi connectivity index (χ2v) is 7.80. The number of cyclic esters (lactones) is 1. The number of esters is 1. The Balaban J connectivity index is 1.90. The second-order valence-electron chi connectivity index (χ2n) is 7.80. The molecule has 3 atom stereocenters. The van der Waals surface area contributed by atoms with E-state index in [1.54, 1.807) is 6.92 Å². The van der Waals surface area contributed by atoms with E-state index in [1.165, 1.54) is 38.5 Å². The predicted molar refractivity (Wildman–Crippen MR) is 102 cm³/mol. The van der Waals surface area contributed by atoms with Gasteiger partial charge in [0.25, 0.3) is 0 Å². The van der Waals surface area contributed by atoms with Gasteiger partial charge < -0.3 is 14.9 Å². The number of rotatable bonds is 16. The number of carbonyl (C=O) groups excluding carboxylic acids is 1. The molecule has 0 radical (unpaired) electrons. The van der Waals surface area contributed by atoms with Crippen LogP contribution in [0.3, 0.4) is 0 Å².